The lowest BCUT2D eigenvalue weighted by Crippen LogP contribution is -2.53. The summed E-state index contributed by atoms with van der Waals surface area (Å²) in [6, 6.07) is 0.518. The van der Waals surface area contributed by atoms with Crippen LogP contribution in [0.1, 0.15) is 45.2 Å². The quantitative estimate of drug-likeness (QED) is 0.259. The number of anilines is 1. The molecule has 7 nitrogen and oxygen atoms in total. The summed E-state index contributed by atoms with van der Waals surface area (Å²) in [7, 11) is 1.85. The molecule has 0 spiro atoms. The molecule has 178 valence electrons. The molecule has 1 unspecified atom stereocenters. The summed E-state index contributed by atoms with van der Waals surface area (Å²) >= 11 is 1.77. The highest BCUT2D eigenvalue weighted by molar-refractivity contribution is 14.0. The van der Waals surface area contributed by atoms with Crippen LogP contribution < -0.4 is 15.5 Å². The Hall–Kier alpha value is -0.650. The largest absolute Gasteiger partial charge is 0.379 e. The van der Waals surface area contributed by atoms with Crippen molar-refractivity contribution in [2.24, 2.45) is 10.9 Å². The van der Waals surface area contributed by atoms with E-state index in [0.717, 1.165) is 64.9 Å². The van der Waals surface area contributed by atoms with Gasteiger partial charge in [0.25, 0.3) is 0 Å². The van der Waals surface area contributed by atoms with Gasteiger partial charge in [-0.25, -0.2) is 4.98 Å². The Morgan fingerprint density at radius 1 is 1.16 bits per heavy atom. The van der Waals surface area contributed by atoms with Crippen molar-refractivity contribution in [1.29, 1.82) is 0 Å². The van der Waals surface area contributed by atoms with Crippen LogP contribution in [-0.4, -0.2) is 81.4 Å². The van der Waals surface area contributed by atoms with Crippen LogP contribution in [0, 0.1) is 5.92 Å². The number of halogens is 1. The van der Waals surface area contributed by atoms with Crippen LogP contribution >= 0.6 is 35.3 Å². The zero-order chi connectivity index (χ0) is 21.2. The van der Waals surface area contributed by atoms with E-state index >= 15 is 0 Å². The van der Waals surface area contributed by atoms with Crippen LogP contribution in [0.4, 0.5) is 5.13 Å². The van der Waals surface area contributed by atoms with Crippen LogP contribution in [-0.2, 0) is 11.2 Å². The van der Waals surface area contributed by atoms with E-state index in [9.17, 15) is 0 Å². The van der Waals surface area contributed by atoms with E-state index in [-0.39, 0.29) is 24.0 Å². The molecule has 0 radical (unpaired) electrons. The van der Waals surface area contributed by atoms with Crippen LogP contribution in [0.2, 0.25) is 0 Å². The van der Waals surface area contributed by atoms with Gasteiger partial charge in [-0.1, -0.05) is 26.7 Å². The lowest BCUT2D eigenvalue weighted by molar-refractivity contribution is 0.00272. The average molecular weight is 565 g/mol. The molecule has 1 atom stereocenters. The molecule has 31 heavy (non-hydrogen) atoms. The van der Waals surface area contributed by atoms with Gasteiger partial charge in [-0.15, -0.1) is 35.3 Å². The minimum absolute atomic E-state index is 0. The first-order valence-electron chi connectivity index (χ1n) is 11.7. The smallest absolute Gasteiger partial charge is 0.191 e. The van der Waals surface area contributed by atoms with Crippen molar-refractivity contribution >= 4 is 46.4 Å². The van der Waals surface area contributed by atoms with E-state index in [1.807, 2.05) is 7.05 Å². The number of thiazole rings is 1. The van der Waals surface area contributed by atoms with Crippen LogP contribution in [0.3, 0.4) is 0 Å². The molecular formula is C22H41IN6OS. The summed E-state index contributed by atoms with van der Waals surface area (Å²) in [6.07, 6.45) is 5.91. The van der Waals surface area contributed by atoms with Crippen LogP contribution in [0.25, 0.3) is 0 Å². The molecule has 3 heterocycles. The van der Waals surface area contributed by atoms with Crippen molar-refractivity contribution in [2.75, 3.05) is 64.4 Å². The highest BCUT2D eigenvalue weighted by atomic mass is 127. The van der Waals surface area contributed by atoms with E-state index < -0.39 is 0 Å². The Bertz CT molecular complexity index is 642. The molecule has 0 aliphatic carbocycles. The van der Waals surface area contributed by atoms with Crippen molar-refractivity contribution in [3.8, 4) is 0 Å². The second-order valence-corrected chi connectivity index (χ2v) is 9.07. The Labute approximate surface area is 209 Å². The fourth-order valence-electron chi connectivity index (χ4n) is 4.53. The summed E-state index contributed by atoms with van der Waals surface area (Å²) in [6.45, 7) is 12.4. The van der Waals surface area contributed by atoms with Gasteiger partial charge in [0.2, 0.25) is 0 Å². The maximum absolute atomic E-state index is 5.57. The molecule has 1 aromatic heterocycles. The van der Waals surface area contributed by atoms with Gasteiger partial charge in [-0.2, -0.15) is 0 Å². The number of hydrogen-bond donors (Lipinski definition) is 2. The maximum atomic E-state index is 5.57. The van der Waals surface area contributed by atoms with Crippen molar-refractivity contribution in [1.82, 2.24) is 20.5 Å². The molecular weight excluding hydrogens is 523 g/mol. The normalized spacial score (nSPS) is 18.8. The number of nitrogens with one attached hydrogen (secondary N) is 2. The van der Waals surface area contributed by atoms with Crippen LogP contribution in [0.5, 0.6) is 0 Å². The van der Waals surface area contributed by atoms with E-state index in [4.69, 9.17) is 9.72 Å². The van der Waals surface area contributed by atoms with Crippen LogP contribution in [0.15, 0.2) is 10.4 Å². The predicted octanol–water partition coefficient (Wildman–Crippen LogP) is 3.21. The predicted molar refractivity (Wildman–Crippen MR) is 142 cm³/mol. The number of ether oxygens (including phenoxy) is 1. The third-order valence-corrected chi connectivity index (χ3v) is 7.35. The molecule has 2 aliphatic heterocycles. The lowest BCUT2D eigenvalue weighted by Gasteiger charge is -2.39. The molecule has 0 saturated carbocycles. The molecule has 2 saturated heterocycles. The first-order valence-corrected chi connectivity index (χ1v) is 12.6. The molecule has 1 aromatic rings. The van der Waals surface area contributed by atoms with Gasteiger partial charge >= 0.3 is 0 Å². The summed E-state index contributed by atoms with van der Waals surface area (Å²) < 4.78 is 5.57. The van der Waals surface area contributed by atoms with Gasteiger partial charge in [0.05, 0.1) is 18.9 Å². The number of guanidine groups is 1. The third kappa shape index (κ3) is 8.01. The second kappa shape index (κ2) is 14.5. The van der Waals surface area contributed by atoms with E-state index in [2.05, 4.69) is 44.7 Å². The number of aliphatic imine (C=N–C) groups is 1. The standard InChI is InChI=1S/C22H40N6OS.HI/c1-4-18(5-2)20(27-12-14-29-15-13-27)16-25-21(23-3)24-9-8-19-17-30-22(26-19)28-10-6-7-11-28;/h17-18,20H,4-16H2,1-3H3,(H2,23,24,25);1H. The minimum atomic E-state index is 0. The summed E-state index contributed by atoms with van der Waals surface area (Å²) in [4.78, 5) is 14.3. The van der Waals surface area contributed by atoms with E-state index in [1.165, 1.54) is 36.5 Å². The summed E-state index contributed by atoms with van der Waals surface area (Å²) in [5.74, 6) is 1.57. The van der Waals surface area contributed by atoms with Crippen molar-refractivity contribution < 1.29 is 4.74 Å². The molecule has 0 bridgehead atoms. The Kier molecular flexibility index (Phi) is 12.4. The molecule has 2 fully saturated rings. The maximum Gasteiger partial charge on any atom is 0.191 e. The molecule has 2 aliphatic rings. The monoisotopic (exact) mass is 564 g/mol. The van der Waals surface area contributed by atoms with Gasteiger partial charge in [0, 0.05) is 64.2 Å². The number of hydrogen-bond acceptors (Lipinski definition) is 6. The van der Waals surface area contributed by atoms with Gasteiger partial charge < -0.3 is 20.3 Å². The number of morpholine rings is 1. The van der Waals surface area contributed by atoms with Gasteiger partial charge in [0.15, 0.2) is 11.1 Å². The number of rotatable bonds is 10. The second-order valence-electron chi connectivity index (χ2n) is 8.24. The fraction of sp³-hybridized carbons (Fsp3) is 0.818. The summed E-state index contributed by atoms with van der Waals surface area (Å²) in [5, 5.41) is 10.4. The SMILES string of the molecule is CCC(CC)C(CNC(=NC)NCCc1csc(N2CCCC2)n1)N1CCOCC1.I. The third-order valence-electron chi connectivity index (χ3n) is 6.40. The highest BCUT2D eigenvalue weighted by Gasteiger charge is 2.27. The molecule has 0 aromatic carbocycles. The molecule has 2 N–H and O–H groups in total. The Morgan fingerprint density at radius 2 is 1.87 bits per heavy atom. The zero-order valence-corrected chi connectivity index (χ0v) is 22.6. The summed E-state index contributed by atoms with van der Waals surface area (Å²) in [5.41, 5.74) is 1.17. The zero-order valence-electron chi connectivity index (χ0n) is 19.4. The first-order chi connectivity index (χ1) is 14.7. The Balaban J connectivity index is 0.00000341. The molecule has 0 amide bonds. The first kappa shape index (κ1) is 26.6. The number of aromatic nitrogens is 1. The van der Waals surface area contributed by atoms with Crippen molar-refractivity contribution in [3.05, 3.63) is 11.1 Å². The lowest BCUT2D eigenvalue weighted by atomic mass is 9.92. The van der Waals surface area contributed by atoms with E-state index in [0.29, 0.717) is 12.0 Å². The highest BCUT2D eigenvalue weighted by Crippen LogP contribution is 2.24. The molecule has 9 heteroatoms. The van der Waals surface area contributed by atoms with E-state index in [1.54, 1.807) is 11.3 Å². The minimum Gasteiger partial charge on any atom is -0.379 e. The fourth-order valence-corrected chi connectivity index (χ4v) is 5.45. The average Bonchev–Trinajstić information content (AvgIpc) is 3.48. The number of nitrogens with zero attached hydrogens (tertiary/aromatic N) is 4. The van der Waals surface area contributed by atoms with Gasteiger partial charge in [-0.05, 0) is 18.8 Å². The van der Waals surface area contributed by atoms with Crippen molar-refractivity contribution in [2.45, 2.75) is 52.0 Å². The molecule has 3 rings (SSSR count). The van der Waals surface area contributed by atoms with Crippen molar-refractivity contribution in [3.63, 3.8) is 0 Å². The topological polar surface area (TPSA) is 65.0 Å². The Morgan fingerprint density at radius 3 is 2.52 bits per heavy atom. The van der Waals surface area contributed by atoms with Gasteiger partial charge in [-0.3, -0.25) is 9.89 Å². The van der Waals surface area contributed by atoms with Gasteiger partial charge in [0.1, 0.15) is 0 Å².